The number of fused-ring (bicyclic) bond motifs is 5. The maximum absolute atomic E-state index is 14.8. The zero-order chi connectivity index (χ0) is 61.0. The first-order valence-corrected chi connectivity index (χ1v) is 26.7. The molecule has 26 nitrogen and oxygen atoms in total. The number of carbonyl (C=O) groups excluding carboxylic acids is 10. The van der Waals surface area contributed by atoms with E-state index in [1.807, 2.05) is 0 Å². The number of ether oxygens (including phenoxy) is 4. The molecule has 4 bridgehead atoms. The molecule has 0 saturated heterocycles. The van der Waals surface area contributed by atoms with Crippen molar-refractivity contribution < 1.29 is 77.1 Å². The minimum absolute atomic E-state index is 0.00167. The molecule has 2 aromatic carbocycles. The van der Waals surface area contributed by atoms with Crippen LogP contribution in [0.1, 0.15) is 126 Å². The number of hydrogen-bond donors (Lipinski definition) is 12. The number of aromatic hydroxyl groups is 1. The summed E-state index contributed by atoms with van der Waals surface area (Å²) in [6.07, 6.45) is -6.85. The van der Waals surface area contributed by atoms with Crippen molar-refractivity contribution in [1.29, 1.82) is 0 Å². The summed E-state index contributed by atoms with van der Waals surface area (Å²) in [5, 5.41) is 45.3. The smallest absolute Gasteiger partial charge is 0.408 e. The van der Waals surface area contributed by atoms with E-state index in [0.717, 1.165) is 0 Å². The van der Waals surface area contributed by atoms with Crippen molar-refractivity contribution in [3.8, 4) is 16.9 Å². The molecular formula is C55H84N10O16. The molecule has 6 atom stereocenters. The van der Waals surface area contributed by atoms with Crippen molar-refractivity contribution in [2.24, 2.45) is 5.73 Å². The molecule has 0 aliphatic carbocycles. The van der Waals surface area contributed by atoms with Gasteiger partial charge in [0.25, 0.3) is 0 Å². The largest absolute Gasteiger partial charge is 0.508 e. The molecule has 0 aromatic heterocycles. The molecule has 26 heteroatoms. The number of nitrogens with one attached hydrogen (secondary N) is 9. The molecule has 0 unspecified atom stereocenters. The lowest BCUT2D eigenvalue weighted by Crippen LogP contribution is -2.60. The highest BCUT2D eigenvalue weighted by atomic mass is 16.6. The summed E-state index contributed by atoms with van der Waals surface area (Å²) in [4.78, 5) is 134. The molecule has 0 fully saturated rings. The number of benzene rings is 2. The molecule has 2 aromatic rings. The molecule has 0 radical (unpaired) electrons. The Hall–Kier alpha value is -7.90. The molecule has 10 amide bonds. The average molecular weight is 1140 g/mol. The molecule has 450 valence electrons. The first kappa shape index (κ1) is 67.4. The molecule has 0 spiro atoms. The number of primary amides is 1. The third-order valence-corrected chi connectivity index (χ3v) is 11.3. The number of amides is 10. The van der Waals surface area contributed by atoms with Gasteiger partial charge in [0.1, 0.15) is 58.4 Å². The van der Waals surface area contributed by atoms with E-state index in [0.29, 0.717) is 16.7 Å². The number of rotatable bonds is 20. The van der Waals surface area contributed by atoms with Gasteiger partial charge < -0.3 is 82.7 Å². The number of alkyl carbamates (subject to hydrolysis) is 4. The summed E-state index contributed by atoms with van der Waals surface area (Å²) < 4.78 is 21.2. The van der Waals surface area contributed by atoms with Gasteiger partial charge in [0.05, 0.1) is 6.10 Å². The summed E-state index contributed by atoms with van der Waals surface area (Å²) in [6, 6.07) is 3.65. The van der Waals surface area contributed by atoms with Crippen molar-refractivity contribution >= 4 is 59.8 Å². The lowest BCUT2D eigenvalue weighted by Gasteiger charge is -2.28. The Kier molecular flexibility index (Phi) is 25.0. The van der Waals surface area contributed by atoms with Gasteiger partial charge in [0.2, 0.25) is 35.4 Å². The second kappa shape index (κ2) is 30.1. The minimum atomic E-state index is -1.71. The van der Waals surface area contributed by atoms with E-state index in [1.54, 1.807) is 119 Å². The Balaban J connectivity index is 2.06. The fraction of sp³-hybridized carbons (Fsp3) is 0.600. The van der Waals surface area contributed by atoms with Gasteiger partial charge in [-0.3, -0.25) is 28.8 Å². The van der Waals surface area contributed by atoms with Gasteiger partial charge in [-0.15, -0.1) is 0 Å². The van der Waals surface area contributed by atoms with E-state index in [1.165, 1.54) is 6.07 Å². The van der Waals surface area contributed by atoms with Gasteiger partial charge in [-0.05, 0) is 137 Å². The topological polar surface area (TPSA) is 382 Å². The monoisotopic (exact) mass is 1140 g/mol. The number of phenolic OH excluding ortho intramolecular Hbond substituents is 1. The van der Waals surface area contributed by atoms with Crippen molar-refractivity contribution in [2.45, 2.75) is 187 Å². The summed E-state index contributed by atoms with van der Waals surface area (Å²) >= 11 is 0. The van der Waals surface area contributed by atoms with E-state index < -0.39 is 131 Å². The van der Waals surface area contributed by atoms with Crippen LogP contribution >= 0.6 is 0 Å². The quantitative estimate of drug-likeness (QED) is 0.0669. The Labute approximate surface area is 472 Å². The van der Waals surface area contributed by atoms with Crippen molar-refractivity contribution in [3.63, 3.8) is 0 Å². The predicted octanol–water partition coefficient (Wildman–Crippen LogP) is 2.48. The van der Waals surface area contributed by atoms with Crippen molar-refractivity contribution in [3.05, 3.63) is 53.6 Å². The van der Waals surface area contributed by atoms with Crippen LogP contribution in [0, 0.1) is 0 Å². The molecule has 1 aliphatic heterocycles. The van der Waals surface area contributed by atoms with Crippen LogP contribution in [0.2, 0.25) is 0 Å². The van der Waals surface area contributed by atoms with Gasteiger partial charge in [-0.2, -0.15) is 0 Å². The second-order valence-corrected chi connectivity index (χ2v) is 23.5. The van der Waals surface area contributed by atoms with E-state index in [-0.39, 0.29) is 69.5 Å². The molecule has 1 aliphatic rings. The average Bonchev–Trinajstić information content (AvgIpc) is 3.32. The molecule has 1 heterocycles. The zero-order valence-corrected chi connectivity index (χ0v) is 48.5. The van der Waals surface area contributed by atoms with Crippen LogP contribution in [-0.4, -0.2) is 155 Å². The Bertz CT molecular complexity index is 2550. The first-order valence-electron chi connectivity index (χ1n) is 26.7. The molecule has 81 heavy (non-hydrogen) atoms. The standard InChI is InChI=1S/C55H84N10O16/c1-52(2,3)78-48(74)58-22-14-17-37(44(70)61-36(43(56)69)19-21-42(68)57-23-24-59-49(75)79-53(4,5)6)62-45(71)38-26-31-15-13-16-32(25-31)33-18-20-41(67)34(27-33)28-39(65-51(77)81-55(10,11)12)46(72)64-40(47(73)63-38)29-35(66)30-60-50(76)80-54(7,8)9/h13,15-16,18,20,25,27,35-40,66-67H,14,17,19,21-24,26,28-30H2,1-12H3,(H2,56,69)(H,57,68)(H,58,74)(H,59,75)(H,60,76)(H,61,70)(H,62,71)(H,63,73)(H,64,72)(H,65,77)/t35-,36+,37-,38+,39+,40+/m1/s1. The van der Waals surface area contributed by atoms with E-state index in [2.05, 4.69) is 47.9 Å². The normalized spacial score (nSPS) is 17.0. The number of aliphatic hydroxyl groups excluding tert-OH is 1. The first-order chi connectivity index (χ1) is 37.5. The fourth-order valence-electron chi connectivity index (χ4n) is 7.73. The maximum atomic E-state index is 14.8. The highest BCUT2D eigenvalue weighted by molar-refractivity contribution is 5.96. The van der Waals surface area contributed by atoms with Crippen LogP contribution in [0.15, 0.2) is 42.5 Å². The van der Waals surface area contributed by atoms with Crippen LogP contribution < -0.4 is 53.6 Å². The van der Waals surface area contributed by atoms with Gasteiger partial charge in [0.15, 0.2) is 0 Å². The number of hydrogen-bond acceptors (Lipinski definition) is 16. The zero-order valence-electron chi connectivity index (χ0n) is 48.5. The lowest BCUT2D eigenvalue weighted by molar-refractivity contribution is -0.135. The molecule has 3 rings (SSSR count). The minimum Gasteiger partial charge on any atom is -0.508 e. The van der Waals surface area contributed by atoms with Gasteiger partial charge in [0, 0.05) is 51.9 Å². The summed E-state index contributed by atoms with van der Waals surface area (Å²) in [7, 11) is 0. The molecular weight excluding hydrogens is 1060 g/mol. The predicted molar refractivity (Wildman–Crippen MR) is 296 cm³/mol. The second-order valence-electron chi connectivity index (χ2n) is 23.5. The lowest BCUT2D eigenvalue weighted by atomic mass is 9.95. The number of carbonyl (C=O) groups is 10. The van der Waals surface area contributed by atoms with Gasteiger partial charge in [-0.1, -0.05) is 30.3 Å². The maximum Gasteiger partial charge on any atom is 0.408 e. The van der Waals surface area contributed by atoms with Crippen LogP contribution in [0.3, 0.4) is 0 Å². The number of nitrogens with two attached hydrogens (primary N) is 1. The van der Waals surface area contributed by atoms with Crippen LogP contribution in [0.4, 0.5) is 19.2 Å². The number of aliphatic hydroxyl groups is 1. The highest BCUT2D eigenvalue weighted by Gasteiger charge is 2.35. The third kappa shape index (κ3) is 26.7. The van der Waals surface area contributed by atoms with Crippen LogP contribution in [0.25, 0.3) is 11.1 Å². The van der Waals surface area contributed by atoms with Crippen LogP contribution in [0.5, 0.6) is 5.75 Å². The third-order valence-electron chi connectivity index (χ3n) is 11.3. The van der Waals surface area contributed by atoms with Crippen molar-refractivity contribution in [2.75, 3.05) is 26.2 Å². The van der Waals surface area contributed by atoms with Crippen LogP contribution in [-0.2, 0) is 60.6 Å². The highest BCUT2D eigenvalue weighted by Crippen LogP contribution is 2.29. The summed E-state index contributed by atoms with van der Waals surface area (Å²) in [6.45, 7) is 19.2. The molecule has 0 saturated carbocycles. The van der Waals surface area contributed by atoms with E-state index in [9.17, 15) is 58.2 Å². The number of phenols is 1. The van der Waals surface area contributed by atoms with E-state index in [4.69, 9.17) is 24.7 Å². The SMILES string of the molecule is CC(C)(C)OC(=O)NCCC[C@@H](NC(=O)[C@@H]1Cc2cccc(c2)-c2ccc(O)c(c2)C[C@H](NC(=O)OC(C)(C)C)C(=O)N[C@@H](C[C@@H](O)CNC(=O)OC(C)(C)C)C(=O)N1)C(=O)N[C@@H](CCC(=O)NCCNC(=O)OC(C)(C)C)C(N)=O. The Morgan fingerprint density at radius 2 is 1.20 bits per heavy atom. The van der Waals surface area contributed by atoms with Crippen molar-refractivity contribution in [1.82, 2.24) is 47.9 Å². The summed E-state index contributed by atoms with van der Waals surface area (Å²) in [5.74, 6) is -5.72. The van der Waals surface area contributed by atoms with Gasteiger partial charge in [-0.25, -0.2) is 19.2 Å². The Morgan fingerprint density at radius 1 is 0.642 bits per heavy atom. The van der Waals surface area contributed by atoms with Gasteiger partial charge >= 0.3 is 24.4 Å². The van der Waals surface area contributed by atoms with E-state index >= 15 is 0 Å². The molecule has 13 N–H and O–H groups in total. The Morgan fingerprint density at radius 3 is 1.79 bits per heavy atom. The summed E-state index contributed by atoms with van der Waals surface area (Å²) in [5.41, 5.74) is 4.01. The fourth-order valence-corrected chi connectivity index (χ4v) is 7.73.